The Morgan fingerprint density at radius 1 is 1.38 bits per heavy atom. The van der Waals surface area contributed by atoms with Crippen molar-refractivity contribution in [3.8, 4) is 0 Å². The van der Waals surface area contributed by atoms with E-state index in [-0.39, 0.29) is 12.5 Å². The van der Waals surface area contributed by atoms with Crippen molar-refractivity contribution in [2.45, 2.75) is 51.9 Å². The molecular formula is C13H25NO2. The van der Waals surface area contributed by atoms with Gasteiger partial charge in [-0.15, -0.1) is 0 Å². The summed E-state index contributed by atoms with van der Waals surface area (Å²) in [6, 6.07) is 0. The first-order valence-corrected chi connectivity index (χ1v) is 6.56. The van der Waals surface area contributed by atoms with Gasteiger partial charge in [-0.25, -0.2) is 0 Å². The monoisotopic (exact) mass is 227 g/mol. The van der Waals surface area contributed by atoms with E-state index in [9.17, 15) is 4.79 Å². The molecule has 0 aromatic carbocycles. The molecule has 1 fully saturated rings. The SMILES string of the molecule is CC(CCC1CCC1)CC[C@H](CN)C(=O)O. The molecule has 2 atom stereocenters. The third-order valence-corrected chi connectivity index (χ3v) is 3.93. The highest BCUT2D eigenvalue weighted by molar-refractivity contribution is 5.70. The Morgan fingerprint density at radius 3 is 2.50 bits per heavy atom. The summed E-state index contributed by atoms with van der Waals surface area (Å²) < 4.78 is 0. The minimum atomic E-state index is -0.742. The Balaban J connectivity index is 2.07. The van der Waals surface area contributed by atoms with Gasteiger partial charge < -0.3 is 10.8 Å². The zero-order valence-electron chi connectivity index (χ0n) is 10.3. The topological polar surface area (TPSA) is 63.3 Å². The fraction of sp³-hybridized carbons (Fsp3) is 0.923. The highest BCUT2D eigenvalue weighted by atomic mass is 16.4. The molecule has 0 heterocycles. The molecule has 1 unspecified atom stereocenters. The summed E-state index contributed by atoms with van der Waals surface area (Å²) in [7, 11) is 0. The van der Waals surface area contributed by atoms with Crippen molar-refractivity contribution in [2.24, 2.45) is 23.5 Å². The van der Waals surface area contributed by atoms with Gasteiger partial charge in [0.25, 0.3) is 0 Å². The number of rotatable bonds is 8. The lowest BCUT2D eigenvalue weighted by atomic mass is 9.80. The van der Waals surface area contributed by atoms with Crippen molar-refractivity contribution in [3.63, 3.8) is 0 Å². The average molecular weight is 227 g/mol. The summed E-state index contributed by atoms with van der Waals surface area (Å²) in [6.07, 6.45) is 8.55. The largest absolute Gasteiger partial charge is 0.481 e. The van der Waals surface area contributed by atoms with Gasteiger partial charge in [0, 0.05) is 6.54 Å². The number of carboxylic acids is 1. The molecule has 3 N–H and O–H groups in total. The van der Waals surface area contributed by atoms with Crippen LogP contribution in [0.5, 0.6) is 0 Å². The number of nitrogens with two attached hydrogens (primary N) is 1. The van der Waals surface area contributed by atoms with Crippen molar-refractivity contribution in [3.05, 3.63) is 0 Å². The van der Waals surface area contributed by atoms with Gasteiger partial charge in [0.2, 0.25) is 0 Å². The minimum Gasteiger partial charge on any atom is -0.481 e. The maximum atomic E-state index is 10.8. The van der Waals surface area contributed by atoms with E-state index >= 15 is 0 Å². The number of carbonyl (C=O) groups is 1. The molecule has 0 aromatic heterocycles. The summed E-state index contributed by atoms with van der Waals surface area (Å²) in [5.41, 5.74) is 5.43. The van der Waals surface area contributed by atoms with Crippen molar-refractivity contribution in [1.29, 1.82) is 0 Å². The predicted molar refractivity (Wildman–Crippen MR) is 65.2 cm³/mol. The van der Waals surface area contributed by atoms with Crippen LogP contribution in [0.3, 0.4) is 0 Å². The summed E-state index contributed by atoms with van der Waals surface area (Å²) in [5.74, 6) is 0.529. The Morgan fingerprint density at radius 2 is 2.06 bits per heavy atom. The van der Waals surface area contributed by atoms with Crippen LogP contribution in [0.4, 0.5) is 0 Å². The fourth-order valence-electron chi connectivity index (χ4n) is 2.27. The summed E-state index contributed by atoms with van der Waals surface area (Å²) in [6.45, 7) is 2.50. The molecule has 0 radical (unpaired) electrons. The quantitative estimate of drug-likeness (QED) is 0.670. The first kappa shape index (κ1) is 13.5. The van der Waals surface area contributed by atoms with Crippen LogP contribution in [0.2, 0.25) is 0 Å². The fourth-order valence-corrected chi connectivity index (χ4v) is 2.27. The lowest BCUT2D eigenvalue weighted by Crippen LogP contribution is -2.23. The first-order chi connectivity index (χ1) is 7.63. The molecule has 0 bridgehead atoms. The molecule has 0 amide bonds. The first-order valence-electron chi connectivity index (χ1n) is 6.56. The standard InChI is InChI=1S/C13H25NO2/c1-10(5-7-11-3-2-4-11)6-8-12(9-14)13(15)16/h10-12H,2-9,14H2,1H3,(H,15,16)/t10?,12-/m1/s1. The van der Waals surface area contributed by atoms with E-state index < -0.39 is 5.97 Å². The number of hydrogen-bond donors (Lipinski definition) is 2. The maximum absolute atomic E-state index is 10.8. The molecule has 94 valence electrons. The van der Waals surface area contributed by atoms with Crippen LogP contribution < -0.4 is 5.73 Å². The van der Waals surface area contributed by atoms with Gasteiger partial charge in [-0.2, -0.15) is 0 Å². The van der Waals surface area contributed by atoms with E-state index in [1.54, 1.807) is 0 Å². The molecule has 1 rings (SSSR count). The zero-order valence-corrected chi connectivity index (χ0v) is 10.3. The Bertz CT molecular complexity index is 214. The van der Waals surface area contributed by atoms with Crippen LogP contribution in [0.25, 0.3) is 0 Å². The summed E-state index contributed by atoms with van der Waals surface area (Å²) in [4.78, 5) is 10.8. The minimum absolute atomic E-state index is 0.269. The molecule has 1 aliphatic carbocycles. The van der Waals surface area contributed by atoms with Crippen LogP contribution >= 0.6 is 0 Å². The van der Waals surface area contributed by atoms with Crippen molar-refractivity contribution < 1.29 is 9.90 Å². The number of hydrogen-bond acceptors (Lipinski definition) is 2. The summed E-state index contributed by atoms with van der Waals surface area (Å²) in [5, 5.41) is 8.87. The maximum Gasteiger partial charge on any atom is 0.307 e. The third-order valence-electron chi connectivity index (χ3n) is 3.93. The lowest BCUT2D eigenvalue weighted by Gasteiger charge is -2.26. The van der Waals surface area contributed by atoms with Crippen LogP contribution in [-0.2, 0) is 4.79 Å². The van der Waals surface area contributed by atoms with E-state index in [0.29, 0.717) is 5.92 Å². The van der Waals surface area contributed by atoms with E-state index in [4.69, 9.17) is 10.8 Å². The van der Waals surface area contributed by atoms with Crippen LogP contribution in [-0.4, -0.2) is 17.6 Å². The molecule has 1 aliphatic rings. The lowest BCUT2D eigenvalue weighted by molar-refractivity contribution is -0.141. The van der Waals surface area contributed by atoms with Crippen molar-refractivity contribution in [2.75, 3.05) is 6.54 Å². The van der Waals surface area contributed by atoms with Gasteiger partial charge in [-0.3, -0.25) is 4.79 Å². The average Bonchev–Trinajstić information content (AvgIpc) is 2.15. The van der Waals surface area contributed by atoms with E-state index in [1.165, 1.54) is 32.1 Å². The molecule has 0 saturated heterocycles. The molecule has 3 heteroatoms. The van der Waals surface area contributed by atoms with E-state index in [0.717, 1.165) is 18.8 Å². The highest BCUT2D eigenvalue weighted by Gasteiger charge is 2.19. The van der Waals surface area contributed by atoms with Gasteiger partial charge in [-0.1, -0.05) is 39.0 Å². The van der Waals surface area contributed by atoms with Gasteiger partial charge in [0.05, 0.1) is 5.92 Å². The number of aliphatic carboxylic acids is 1. The van der Waals surface area contributed by atoms with Gasteiger partial charge in [0.1, 0.15) is 0 Å². The molecule has 1 saturated carbocycles. The molecular weight excluding hydrogens is 202 g/mol. The second-order valence-corrected chi connectivity index (χ2v) is 5.33. The normalized spacial score (nSPS) is 20.1. The Kier molecular flexibility index (Phi) is 5.81. The second-order valence-electron chi connectivity index (χ2n) is 5.33. The van der Waals surface area contributed by atoms with E-state index in [2.05, 4.69) is 6.92 Å². The van der Waals surface area contributed by atoms with Crippen molar-refractivity contribution >= 4 is 5.97 Å². The van der Waals surface area contributed by atoms with Gasteiger partial charge >= 0.3 is 5.97 Å². The Hall–Kier alpha value is -0.570. The summed E-state index contributed by atoms with van der Waals surface area (Å²) >= 11 is 0. The molecule has 0 spiro atoms. The molecule has 0 aliphatic heterocycles. The smallest absolute Gasteiger partial charge is 0.307 e. The molecule has 0 aromatic rings. The third kappa shape index (κ3) is 4.52. The molecule has 3 nitrogen and oxygen atoms in total. The van der Waals surface area contributed by atoms with Crippen LogP contribution in [0.1, 0.15) is 51.9 Å². The van der Waals surface area contributed by atoms with Crippen LogP contribution in [0.15, 0.2) is 0 Å². The number of carboxylic acid groups (broad SMARTS) is 1. The van der Waals surface area contributed by atoms with Crippen molar-refractivity contribution in [1.82, 2.24) is 0 Å². The second kappa shape index (κ2) is 6.89. The van der Waals surface area contributed by atoms with Gasteiger partial charge in [-0.05, 0) is 24.7 Å². The van der Waals surface area contributed by atoms with Gasteiger partial charge in [0.15, 0.2) is 0 Å². The highest BCUT2D eigenvalue weighted by Crippen LogP contribution is 2.32. The van der Waals surface area contributed by atoms with Crippen LogP contribution in [0, 0.1) is 17.8 Å². The molecule has 16 heavy (non-hydrogen) atoms. The zero-order chi connectivity index (χ0) is 12.0. The van der Waals surface area contributed by atoms with E-state index in [1.807, 2.05) is 0 Å². The predicted octanol–water partition coefficient (Wildman–Crippen LogP) is 2.64. The Labute approximate surface area is 98.4 Å².